The van der Waals surface area contributed by atoms with Gasteiger partial charge in [0.1, 0.15) is 11.7 Å². The highest BCUT2D eigenvalue weighted by Gasteiger charge is 2.53. The van der Waals surface area contributed by atoms with Gasteiger partial charge in [-0.3, -0.25) is 4.90 Å². The molecule has 1 heterocycles. The molecule has 20 heavy (non-hydrogen) atoms. The van der Waals surface area contributed by atoms with Gasteiger partial charge in [-0.05, 0) is 27.2 Å². The maximum Gasteiger partial charge on any atom is 0.411 e. The van der Waals surface area contributed by atoms with Gasteiger partial charge in [0, 0.05) is 6.54 Å². The van der Waals surface area contributed by atoms with Crippen molar-refractivity contribution in [1.82, 2.24) is 4.90 Å². The molecule has 0 spiro atoms. The van der Waals surface area contributed by atoms with E-state index in [9.17, 15) is 19.8 Å². The fourth-order valence-electron chi connectivity index (χ4n) is 2.27. The van der Waals surface area contributed by atoms with Crippen molar-refractivity contribution in [3.63, 3.8) is 0 Å². The van der Waals surface area contributed by atoms with Crippen LogP contribution in [0.1, 0.15) is 34.1 Å². The first-order valence-corrected chi connectivity index (χ1v) is 6.65. The molecule has 0 aromatic rings. The van der Waals surface area contributed by atoms with Gasteiger partial charge < -0.3 is 19.7 Å². The highest BCUT2D eigenvalue weighted by Crippen LogP contribution is 2.29. The molecule has 0 aliphatic carbocycles. The third kappa shape index (κ3) is 3.21. The largest absolute Gasteiger partial charge is 0.479 e. The van der Waals surface area contributed by atoms with E-state index in [-0.39, 0.29) is 26.2 Å². The van der Waals surface area contributed by atoms with Gasteiger partial charge in [0.05, 0.1) is 13.2 Å². The van der Waals surface area contributed by atoms with E-state index < -0.39 is 29.3 Å². The molecule has 1 aliphatic rings. The van der Waals surface area contributed by atoms with E-state index in [1.165, 1.54) is 0 Å². The smallest absolute Gasteiger partial charge is 0.411 e. The number of hydrogen-bond acceptors (Lipinski definition) is 5. The first kappa shape index (κ1) is 16.7. The molecular formula is C13H23NO6. The van der Waals surface area contributed by atoms with Gasteiger partial charge >= 0.3 is 12.1 Å². The van der Waals surface area contributed by atoms with Crippen molar-refractivity contribution >= 4 is 12.1 Å². The number of rotatable bonds is 2. The second-order valence-electron chi connectivity index (χ2n) is 5.81. The van der Waals surface area contributed by atoms with Crippen LogP contribution in [-0.2, 0) is 14.3 Å². The number of amides is 1. The van der Waals surface area contributed by atoms with Crippen molar-refractivity contribution in [3.8, 4) is 0 Å². The van der Waals surface area contributed by atoms with E-state index in [2.05, 4.69) is 0 Å². The molecule has 7 heteroatoms. The first-order chi connectivity index (χ1) is 9.15. The Morgan fingerprint density at radius 1 is 1.45 bits per heavy atom. The molecule has 0 saturated carbocycles. The first-order valence-electron chi connectivity index (χ1n) is 6.65. The van der Waals surface area contributed by atoms with Crippen molar-refractivity contribution < 1.29 is 29.3 Å². The lowest BCUT2D eigenvalue weighted by atomic mass is 9.88. The summed E-state index contributed by atoms with van der Waals surface area (Å²) >= 11 is 0. The van der Waals surface area contributed by atoms with E-state index in [4.69, 9.17) is 9.47 Å². The summed E-state index contributed by atoms with van der Waals surface area (Å²) in [4.78, 5) is 25.0. The number of hydrogen-bond donors (Lipinski definition) is 2. The summed E-state index contributed by atoms with van der Waals surface area (Å²) < 4.78 is 10.4. The highest BCUT2D eigenvalue weighted by molar-refractivity contribution is 5.85. The third-order valence-corrected chi connectivity index (χ3v) is 3.29. The minimum Gasteiger partial charge on any atom is -0.479 e. The normalized spacial score (nSPS) is 27.9. The number of aliphatic hydroxyl groups excluding tert-OH is 1. The van der Waals surface area contributed by atoms with Crippen molar-refractivity contribution in [2.75, 3.05) is 19.8 Å². The van der Waals surface area contributed by atoms with Crippen LogP contribution in [0, 0.1) is 0 Å². The van der Waals surface area contributed by atoms with Crippen LogP contribution in [0.3, 0.4) is 0 Å². The molecule has 1 saturated heterocycles. The van der Waals surface area contributed by atoms with Crippen molar-refractivity contribution in [2.45, 2.75) is 51.4 Å². The maximum absolute atomic E-state index is 12.3. The second kappa shape index (κ2) is 5.97. The van der Waals surface area contributed by atoms with Gasteiger partial charge in [0.2, 0.25) is 0 Å². The lowest BCUT2D eigenvalue weighted by Gasteiger charge is -2.41. The molecule has 0 aromatic heterocycles. The van der Waals surface area contributed by atoms with Crippen molar-refractivity contribution in [3.05, 3.63) is 0 Å². The van der Waals surface area contributed by atoms with Crippen LogP contribution in [0.4, 0.5) is 4.79 Å². The number of aliphatic hydroxyl groups is 1. The quantitative estimate of drug-likeness (QED) is 0.782. The summed E-state index contributed by atoms with van der Waals surface area (Å²) in [6, 6.07) is 0. The zero-order chi connectivity index (χ0) is 15.6. The van der Waals surface area contributed by atoms with Gasteiger partial charge in [-0.2, -0.15) is 0 Å². The molecule has 2 atom stereocenters. The van der Waals surface area contributed by atoms with Crippen LogP contribution in [0.15, 0.2) is 0 Å². The molecule has 1 aliphatic heterocycles. The van der Waals surface area contributed by atoms with Gasteiger partial charge in [-0.15, -0.1) is 0 Å². The van der Waals surface area contributed by atoms with Crippen molar-refractivity contribution in [2.24, 2.45) is 0 Å². The van der Waals surface area contributed by atoms with E-state index in [1.54, 1.807) is 27.7 Å². The zero-order valence-corrected chi connectivity index (χ0v) is 12.4. The molecule has 2 unspecified atom stereocenters. The Kier molecular flexibility index (Phi) is 4.99. The number of carboxylic acid groups (broad SMARTS) is 1. The predicted molar refractivity (Wildman–Crippen MR) is 70.4 cm³/mol. The molecular weight excluding hydrogens is 266 g/mol. The van der Waals surface area contributed by atoms with Crippen LogP contribution in [0.2, 0.25) is 0 Å². The van der Waals surface area contributed by atoms with E-state index in [0.29, 0.717) is 0 Å². The topological polar surface area (TPSA) is 96.3 Å². The number of carbonyl (C=O) groups is 2. The number of nitrogens with zero attached hydrogens (tertiary/aromatic N) is 1. The number of carboxylic acids is 1. The van der Waals surface area contributed by atoms with Crippen LogP contribution >= 0.6 is 0 Å². The summed E-state index contributed by atoms with van der Waals surface area (Å²) in [5.74, 6) is -1.26. The zero-order valence-electron chi connectivity index (χ0n) is 12.4. The molecule has 1 rings (SSSR count). The number of carbonyl (C=O) groups excluding carboxylic acids is 1. The number of ether oxygens (including phenoxy) is 2. The fraction of sp³-hybridized carbons (Fsp3) is 0.846. The minimum absolute atomic E-state index is 0.0616. The summed E-state index contributed by atoms with van der Waals surface area (Å²) in [6.07, 6.45) is -2.00. The Balaban J connectivity index is 3.15. The van der Waals surface area contributed by atoms with Gasteiger partial charge in [0.15, 0.2) is 5.54 Å². The lowest BCUT2D eigenvalue weighted by Crippen LogP contribution is -2.64. The number of aliphatic carboxylic acids is 1. The molecule has 116 valence electrons. The SMILES string of the molecule is CCC1(C(=O)O)C(O)COCCN1C(=O)OC(C)(C)C. The average molecular weight is 289 g/mol. The van der Waals surface area contributed by atoms with E-state index in [1.807, 2.05) is 0 Å². The summed E-state index contributed by atoms with van der Waals surface area (Å²) in [7, 11) is 0. The predicted octanol–water partition coefficient (Wildman–Crippen LogP) is 0.848. The Morgan fingerprint density at radius 2 is 2.05 bits per heavy atom. The fourth-order valence-corrected chi connectivity index (χ4v) is 2.27. The van der Waals surface area contributed by atoms with Crippen LogP contribution < -0.4 is 0 Å². The van der Waals surface area contributed by atoms with Gasteiger partial charge in [-0.25, -0.2) is 9.59 Å². The second-order valence-corrected chi connectivity index (χ2v) is 5.81. The molecule has 0 aromatic carbocycles. The monoisotopic (exact) mass is 289 g/mol. The molecule has 0 bridgehead atoms. The summed E-state index contributed by atoms with van der Waals surface area (Å²) in [5, 5.41) is 19.7. The third-order valence-electron chi connectivity index (χ3n) is 3.29. The van der Waals surface area contributed by atoms with Crippen molar-refractivity contribution in [1.29, 1.82) is 0 Å². The van der Waals surface area contributed by atoms with Crippen LogP contribution in [0.5, 0.6) is 0 Å². The summed E-state index contributed by atoms with van der Waals surface area (Å²) in [6.45, 7) is 6.80. The molecule has 0 radical (unpaired) electrons. The van der Waals surface area contributed by atoms with E-state index >= 15 is 0 Å². The van der Waals surface area contributed by atoms with E-state index in [0.717, 1.165) is 4.90 Å². The average Bonchev–Trinajstić information content (AvgIpc) is 2.46. The minimum atomic E-state index is -1.72. The van der Waals surface area contributed by atoms with Gasteiger partial charge in [-0.1, -0.05) is 6.92 Å². The Hall–Kier alpha value is -1.34. The van der Waals surface area contributed by atoms with Crippen LogP contribution in [-0.4, -0.2) is 64.2 Å². The molecule has 1 amide bonds. The maximum atomic E-state index is 12.3. The molecule has 2 N–H and O–H groups in total. The highest BCUT2D eigenvalue weighted by atomic mass is 16.6. The standard InChI is InChI=1S/C13H23NO6/c1-5-13(10(16)17)9(15)8-19-7-6-14(13)11(18)20-12(2,3)4/h9,15H,5-8H2,1-4H3,(H,16,17). The van der Waals surface area contributed by atoms with Crippen LogP contribution in [0.25, 0.3) is 0 Å². The Morgan fingerprint density at radius 3 is 2.50 bits per heavy atom. The molecule has 7 nitrogen and oxygen atoms in total. The Bertz CT molecular complexity index is 378. The Labute approximate surface area is 118 Å². The lowest BCUT2D eigenvalue weighted by molar-refractivity contribution is -0.160. The van der Waals surface area contributed by atoms with Gasteiger partial charge in [0.25, 0.3) is 0 Å². The summed E-state index contributed by atoms with van der Waals surface area (Å²) in [5.41, 5.74) is -2.47. The molecule has 1 fully saturated rings.